The van der Waals surface area contributed by atoms with Gasteiger partial charge >= 0.3 is 6.61 Å². The third-order valence-electron chi connectivity index (χ3n) is 1.04. The van der Waals surface area contributed by atoms with Gasteiger partial charge in [0, 0.05) is 0 Å². The van der Waals surface area contributed by atoms with Gasteiger partial charge in [-0.15, -0.1) is 0 Å². The molecule has 5 heteroatoms. The van der Waals surface area contributed by atoms with Crippen LogP contribution in [-0.2, 0) is 14.2 Å². The molecule has 1 unspecified atom stereocenters. The molecule has 0 aromatic heterocycles. The first-order valence-electron chi connectivity index (χ1n) is 2.92. The van der Waals surface area contributed by atoms with E-state index in [1.807, 2.05) is 0 Å². The molecule has 1 rings (SSSR count). The van der Waals surface area contributed by atoms with Gasteiger partial charge in [0.1, 0.15) is 0 Å². The summed E-state index contributed by atoms with van der Waals surface area (Å²) < 4.78 is 36.5. The van der Waals surface area contributed by atoms with Crippen LogP contribution in [0.4, 0.5) is 8.78 Å². The number of rotatable bonds is 2. The molecule has 0 saturated carbocycles. The first-order chi connectivity index (χ1) is 4.79. The van der Waals surface area contributed by atoms with E-state index in [0.29, 0.717) is 13.2 Å². The van der Waals surface area contributed by atoms with Crippen molar-refractivity contribution in [1.29, 1.82) is 0 Å². The molecule has 0 aromatic carbocycles. The molecule has 1 saturated heterocycles. The van der Waals surface area contributed by atoms with Crippen molar-refractivity contribution in [2.75, 3.05) is 19.8 Å². The summed E-state index contributed by atoms with van der Waals surface area (Å²) in [6.07, 6.45) is -0.895. The molecule has 3 nitrogen and oxygen atoms in total. The van der Waals surface area contributed by atoms with Gasteiger partial charge in [-0.3, -0.25) is 4.74 Å². The van der Waals surface area contributed by atoms with Gasteiger partial charge in [0.05, 0.1) is 19.8 Å². The smallest absolute Gasteiger partial charge is 0.347 e. The molecule has 0 aliphatic carbocycles. The zero-order chi connectivity index (χ0) is 7.40. The minimum Gasteiger partial charge on any atom is -0.374 e. The predicted molar refractivity (Wildman–Crippen MR) is 27.6 cm³/mol. The highest BCUT2D eigenvalue weighted by atomic mass is 19.3. The highest BCUT2D eigenvalue weighted by Crippen LogP contribution is 2.06. The van der Waals surface area contributed by atoms with Crippen LogP contribution >= 0.6 is 0 Å². The molecular formula is C5H8F2O3. The van der Waals surface area contributed by atoms with Crippen molar-refractivity contribution in [3.8, 4) is 0 Å². The summed E-state index contributed by atoms with van der Waals surface area (Å²) in [4.78, 5) is 0. The van der Waals surface area contributed by atoms with Crippen molar-refractivity contribution in [2.45, 2.75) is 12.9 Å². The van der Waals surface area contributed by atoms with Gasteiger partial charge in [0.25, 0.3) is 0 Å². The molecule has 1 fully saturated rings. The summed E-state index contributed by atoms with van der Waals surface area (Å²) in [7, 11) is 0. The van der Waals surface area contributed by atoms with Gasteiger partial charge in [0.15, 0.2) is 6.29 Å². The lowest BCUT2D eigenvalue weighted by molar-refractivity contribution is -0.280. The molecule has 1 atom stereocenters. The molecule has 0 bridgehead atoms. The Morgan fingerprint density at radius 1 is 1.40 bits per heavy atom. The number of ether oxygens (including phenoxy) is 3. The zero-order valence-electron chi connectivity index (χ0n) is 5.26. The Morgan fingerprint density at radius 2 is 2.20 bits per heavy atom. The van der Waals surface area contributed by atoms with Gasteiger partial charge in [-0.25, -0.2) is 0 Å². The lowest BCUT2D eigenvalue weighted by atomic mass is 10.6. The summed E-state index contributed by atoms with van der Waals surface area (Å²) in [5, 5.41) is 0. The van der Waals surface area contributed by atoms with Gasteiger partial charge in [-0.1, -0.05) is 0 Å². The van der Waals surface area contributed by atoms with Crippen molar-refractivity contribution >= 4 is 0 Å². The van der Waals surface area contributed by atoms with E-state index >= 15 is 0 Å². The van der Waals surface area contributed by atoms with E-state index in [9.17, 15) is 8.78 Å². The molecule has 0 amide bonds. The monoisotopic (exact) mass is 154 g/mol. The maximum atomic E-state index is 11.5. The summed E-state index contributed by atoms with van der Waals surface area (Å²) in [5.74, 6) is 0. The molecule has 0 N–H and O–H groups in total. The average molecular weight is 154 g/mol. The molecule has 1 aliphatic heterocycles. The van der Waals surface area contributed by atoms with Crippen molar-refractivity contribution in [3.05, 3.63) is 0 Å². The fourth-order valence-electron chi connectivity index (χ4n) is 0.659. The standard InChI is InChI=1S/C5H8F2O3/c6-5(7)10-4-3-8-1-2-9-4/h4-5H,1-3H2. The maximum Gasteiger partial charge on any atom is 0.347 e. The highest BCUT2D eigenvalue weighted by Gasteiger charge is 2.18. The van der Waals surface area contributed by atoms with Gasteiger partial charge < -0.3 is 9.47 Å². The van der Waals surface area contributed by atoms with Crippen LogP contribution in [0.5, 0.6) is 0 Å². The van der Waals surface area contributed by atoms with Crippen LogP contribution < -0.4 is 0 Å². The molecule has 0 aromatic rings. The Labute approximate surface area is 56.9 Å². The third kappa shape index (κ3) is 2.55. The van der Waals surface area contributed by atoms with E-state index in [0.717, 1.165) is 0 Å². The van der Waals surface area contributed by atoms with E-state index in [1.165, 1.54) is 0 Å². The SMILES string of the molecule is FC(F)OC1COCCO1. The first-order valence-corrected chi connectivity index (χ1v) is 2.92. The second-order valence-electron chi connectivity index (χ2n) is 1.77. The molecule has 1 aliphatic rings. The molecule has 1 heterocycles. The highest BCUT2D eigenvalue weighted by molar-refractivity contribution is 4.47. The summed E-state index contributed by atoms with van der Waals surface area (Å²) in [6.45, 7) is -1.93. The summed E-state index contributed by atoms with van der Waals surface area (Å²) in [6, 6.07) is 0. The fourth-order valence-corrected chi connectivity index (χ4v) is 0.659. The number of hydrogen-bond acceptors (Lipinski definition) is 3. The Kier molecular flexibility index (Phi) is 2.98. The third-order valence-corrected chi connectivity index (χ3v) is 1.04. The van der Waals surface area contributed by atoms with Crippen LogP contribution in [0.15, 0.2) is 0 Å². The molecular weight excluding hydrogens is 146 g/mol. The first kappa shape index (κ1) is 7.84. The minimum absolute atomic E-state index is 0.0876. The summed E-state index contributed by atoms with van der Waals surface area (Å²) in [5.41, 5.74) is 0. The normalized spacial score (nSPS) is 27.3. The van der Waals surface area contributed by atoms with Crippen LogP contribution in [0, 0.1) is 0 Å². The largest absolute Gasteiger partial charge is 0.374 e. The molecule has 10 heavy (non-hydrogen) atoms. The van der Waals surface area contributed by atoms with E-state index < -0.39 is 12.9 Å². The lowest BCUT2D eigenvalue weighted by Crippen LogP contribution is -2.32. The number of alkyl halides is 2. The van der Waals surface area contributed by atoms with Crippen molar-refractivity contribution in [2.24, 2.45) is 0 Å². The maximum absolute atomic E-state index is 11.5. The lowest BCUT2D eigenvalue weighted by Gasteiger charge is -2.22. The minimum atomic E-state index is -2.79. The van der Waals surface area contributed by atoms with E-state index in [4.69, 9.17) is 9.47 Å². The second-order valence-corrected chi connectivity index (χ2v) is 1.77. The van der Waals surface area contributed by atoms with Crippen LogP contribution in [0.25, 0.3) is 0 Å². The number of hydrogen-bond donors (Lipinski definition) is 0. The van der Waals surface area contributed by atoms with Gasteiger partial charge in [0.2, 0.25) is 0 Å². The Bertz CT molecular complexity index is 92.9. The topological polar surface area (TPSA) is 27.7 Å². The van der Waals surface area contributed by atoms with Crippen LogP contribution in [0.2, 0.25) is 0 Å². The van der Waals surface area contributed by atoms with Crippen LogP contribution in [0.3, 0.4) is 0 Å². The molecule has 60 valence electrons. The quantitative estimate of drug-likeness (QED) is 0.582. The van der Waals surface area contributed by atoms with E-state index in [2.05, 4.69) is 4.74 Å². The Morgan fingerprint density at radius 3 is 2.70 bits per heavy atom. The van der Waals surface area contributed by atoms with Crippen molar-refractivity contribution < 1.29 is 23.0 Å². The number of halogens is 2. The fraction of sp³-hybridized carbons (Fsp3) is 1.00. The van der Waals surface area contributed by atoms with Crippen LogP contribution in [0.1, 0.15) is 0 Å². The van der Waals surface area contributed by atoms with Crippen molar-refractivity contribution in [3.63, 3.8) is 0 Å². The summed E-state index contributed by atoms with van der Waals surface area (Å²) >= 11 is 0. The Hall–Kier alpha value is -0.260. The van der Waals surface area contributed by atoms with Gasteiger partial charge in [-0.05, 0) is 0 Å². The average Bonchev–Trinajstić information content (AvgIpc) is 1.88. The molecule has 0 radical (unpaired) electrons. The molecule has 0 spiro atoms. The van der Waals surface area contributed by atoms with Crippen LogP contribution in [-0.4, -0.2) is 32.7 Å². The Balaban J connectivity index is 2.13. The zero-order valence-corrected chi connectivity index (χ0v) is 5.26. The van der Waals surface area contributed by atoms with E-state index in [1.54, 1.807) is 0 Å². The van der Waals surface area contributed by atoms with Gasteiger partial charge in [-0.2, -0.15) is 8.78 Å². The second kappa shape index (κ2) is 3.80. The van der Waals surface area contributed by atoms with E-state index in [-0.39, 0.29) is 6.61 Å². The predicted octanol–water partition coefficient (Wildman–Crippen LogP) is 0.599. The van der Waals surface area contributed by atoms with Crippen molar-refractivity contribution in [1.82, 2.24) is 0 Å².